The Morgan fingerprint density at radius 1 is 1.00 bits per heavy atom. The van der Waals surface area contributed by atoms with Gasteiger partial charge in [0, 0.05) is 18.2 Å². The Labute approximate surface area is 118 Å². The quantitative estimate of drug-likeness (QED) is 0.908. The molecule has 0 fully saturated rings. The molecule has 106 valence electrons. The van der Waals surface area contributed by atoms with Gasteiger partial charge in [-0.2, -0.15) is 0 Å². The fourth-order valence-corrected chi connectivity index (χ4v) is 2.07. The molecule has 2 rings (SSSR count). The number of rotatable bonds is 5. The van der Waals surface area contributed by atoms with Gasteiger partial charge in [-0.15, -0.1) is 0 Å². The van der Waals surface area contributed by atoms with Crippen LogP contribution in [0.1, 0.15) is 5.56 Å². The summed E-state index contributed by atoms with van der Waals surface area (Å²) in [6.07, 6.45) is 0. The Kier molecular flexibility index (Phi) is 4.58. The van der Waals surface area contributed by atoms with E-state index in [1.54, 1.807) is 38.5 Å². The number of benzene rings is 2. The van der Waals surface area contributed by atoms with Gasteiger partial charge in [0.2, 0.25) is 0 Å². The smallest absolute Gasteiger partial charge is 0.131 e. The maximum absolute atomic E-state index is 14.2. The highest BCUT2D eigenvalue weighted by Crippen LogP contribution is 2.31. The van der Waals surface area contributed by atoms with E-state index in [0.717, 1.165) is 11.1 Å². The van der Waals surface area contributed by atoms with Crippen molar-refractivity contribution in [2.24, 2.45) is 0 Å². The molecule has 0 saturated heterocycles. The number of methoxy groups -OCH3 is 2. The lowest BCUT2D eigenvalue weighted by Gasteiger charge is -2.10. The first-order valence-corrected chi connectivity index (χ1v) is 6.34. The van der Waals surface area contributed by atoms with E-state index in [2.05, 4.69) is 5.32 Å². The maximum Gasteiger partial charge on any atom is 0.131 e. The summed E-state index contributed by atoms with van der Waals surface area (Å²) in [5.41, 5.74) is 2.17. The number of hydrogen-bond acceptors (Lipinski definition) is 3. The molecule has 0 aliphatic rings. The van der Waals surface area contributed by atoms with E-state index in [1.165, 1.54) is 6.07 Å². The van der Waals surface area contributed by atoms with E-state index in [0.29, 0.717) is 23.6 Å². The average Bonchev–Trinajstić information content (AvgIpc) is 2.47. The van der Waals surface area contributed by atoms with Gasteiger partial charge >= 0.3 is 0 Å². The highest BCUT2D eigenvalue weighted by molar-refractivity contribution is 5.68. The van der Waals surface area contributed by atoms with Crippen LogP contribution in [0.15, 0.2) is 36.4 Å². The van der Waals surface area contributed by atoms with E-state index in [1.807, 2.05) is 13.1 Å². The summed E-state index contributed by atoms with van der Waals surface area (Å²) in [4.78, 5) is 0. The van der Waals surface area contributed by atoms with Gasteiger partial charge in [0.1, 0.15) is 17.3 Å². The van der Waals surface area contributed by atoms with Crippen molar-refractivity contribution in [3.05, 3.63) is 47.8 Å². The standard InChI is InChI=1S/C16H18FNO2/c1-18-10-11-4-5-15(16(17)6-11)12-7-13(19-2)9-14(8-12)20-3/h4-9,18H,10H2,1-3H3. The molecule has 2 aromatic carbocycles. The van der Waals surface area contributed by atoms with Gasteiger partial charge in [0.05, 0.1) is 14.2 Å². The van der Waals surface area contributed by atoms with Gasteiger partial charge in [0.15, 0.2) is 0 Å². The maximum atomic E-state index is 14.2. The molecule has 3 nitrogen and oxygen atoms in total. The Hall–Kier alpha value is -2.07. The molecule has 0 saturated carbocycles. The Morgan fingerprint density at radius 3 is 2.15 bits per heavy atom. The van der Waals surface area contributed by atoms with E-state index >= 15 is 0 Å². The second-order valence-corrected chi connectivity index (χ2v) is 4.45. The van der Waals surface area contributed by atoms with Gasteiger partial charge in [-0.1, -0.05) is 12.1 Å². The molecular formula is C16H18FNO2. The average molecular weight is 275 g/mol. The normalized spacial score (nSPS) is 10.4. The van der Waals surface area contributed by atoms with Crippen LogP contribution in [-0.2, 0) is 6.54 Å². The van der Waals surface area contributed by atoms with Gasteiger partial charge in [0.25, 0.3) is 0 Å². The zero-order chi connectivity index (χ0) is 14.5. The lowest BCUT2D eigenvalue weighted by molar-refractivity contribution is 0.394. The number of ether oxygens (including phenoxy) is 2. The monoisotopic (exact) mass is 275 g/mol. The van der Waals surface area contributed by atoms with Crippen molar-refractivity contribution >= 4 is 0 Å². The number of nitrogens with one attached hydrogen (secondary N) is 1. The van der Waals surface area contributed by atoms with Crippen LogP contribution in [0.3, 0.4) is 0 Å². The third kappa shape index (κ3) is 3.08. The Morgan fingerprint density at radius 2 is 1.65 bits per heavy atom. The highest BCUT2D eigenvalue weighted by atomic mass is 19.1. The predicted octanol–water partition coefficient (Wildman–Crippen LogP) is 3.23. The second-order valence-electron chi connectivity index (χ2n) is 4.45. The minimum absolute atomic E-state index is 0.256. The Balaban J connectivity index is 2.45. The lowest BCUT2D eigenvalue weighted by Crippen LogP contribution is -2.05. The van der Waals surface area contributed by atoms with Crippen molar-refractivity contribution in [1.29, 1.82) is 0 Å². The van der Waals surface area contributed by atoms with Gasteiger partial charge < -0.3 is 14.8 Å². The zero-order valence-electron chi connectivity index (χ0n) is 11.9. The van der Waals surface area contributed by atoms with Crippen molar-refractivity contribution < 1.29 is 13.9 Å². The van der Waals surface area contributed by atoms with Crippen LogP contribution in [0.2, 0.25) is 0 Å². The summed E-state index contributed by atoms with van der Waals surface area (Å²) in [6.45, 7) is 0.638. The third-order valence-electron chi connectivity index (χ3n) is 3.08. The van der Waals surface area contributed by atoms with Crippen LogP contribution in [0.4, 0.5) is 4.39 Å². The van der Waals surface area contributed by atoms with Gasteiger partial charge in [-0.25, -0.2) is 4.39 Å². The lowest BCUT2D eigenvalue weighted by atomic mass is 10.0. The summed E-state index contributed by atoms with van der Waals surface area (Å²) in [7, 11) is 4.98. The fraction of sp³-hybridized carbons (Fsp3) is 0.250. The van der Waals surface area contributed by atoms with Crippen molar-refractivity contribution in [1.82, 2.24) is 5.32 Å². The summed E-state index contributed by atoms with van der Waals surface area (Å²) in [5.74, 6) is 1.02. The molecule has 1 N–H and O–H groups in total. The largest absolute Gasteiger partial charge is 0.497 e. The summed E-state index contributed by atoms with van der Waals surface area (Å²) < 4.78 is 24.6. The van der Waals surface area contributed by atoms with Crippen LogP contribution >= 0.6 is 0 Å². The minimum atomic E-state index is -0.256. The third-order valence-corrected chi connectivity index (χ3v) is 3.08. The van der Waals surface area contributed by atoms with Crippen molar-refractivity contribution in [3.63, 3.8) is 0 Å². The molecule has 0 heterocycles. The molecule has 0 unspecified atom stereocenters. The molecule has 0 aliphatic heterocycles. The topological polar surface area (TPSA) is 30.5 Å². The number of hydrogen-bond donors (Lipinski definition) is 1. The second kappa shape index (κ2) is 6.39. The fourth-order valence-electron chi connectivity index (χ4n) is 2.07. The molecule has 4 heteroatoms. The van der Waals surface area contributed by atoms with E-state index < -0.39 is 0 Å². The van der Waals surface area contributed by atoms with Crippen molar-refractivity contribution in [3.8, 4) is 22.6 Å². The van der Waals surface area contributed by atoms with Crippen LogP contribution in [0, 0.1) is 5.82 Å². The molecule has 0 bridgehead atoms. The van der Waals surface area contributed by atoms with E-state index in [9.17, 15) is 4.39 Å². The molecule has 20 heavy (non-hydrogen) atoms. The zero-order valence-corrected chi connectivity index (χ0v) is 11.9. The molecule has 0 atom stereocenters. The predicted molar refractivity (Wildman–Crippen MR) is 77.7 cm³/mol. The molecule has 0 aromatic heterocycles. The Bertz CT molecular complexity index is 577. The van der Waals surface area contributed by atoms with E-state index in [-0.39, 0.29) is 5.82 Å². The molecule has 0 amide bonds. The van der Waals surface area contributed by atoms with Crippen LogP contribution in [-0.4, -0.2) is 21.3 Å². The minimum Gasteiger partial charge on any atom is -0.497 e. The van der Waals surface area contributed by atoms with Gasteiger partial charge in [-0.3, -0.25) is 0 Å². The molecule has 0 radical (unpaired) electrons. The van der Waals surface area contributed by atoms with Crippen molar-refractivity contribution in [2.45, 2.75) is 6.54 Å². The number of halogens is 1. The summed E-state index contributed by atoms with van der Waals surface area (Å²) in [6, 6.07) is 10.6. The summed E-state index contributed by atoms with van der Waals surface area (Å²) in [5, 5.41) is 3.00. The van der Waals surface area contributed by atoms with Crippen LogP contribution in [0.5, 0.6) is 11.5 Å². The van der Waals surface area contributed by atoms with E-state index in [4.69, 9.17) is 9.47 Å². The summed E-state index contributed by atoms with van der Waals surface area (Å²) >= 11 is 0. The van der Waals surface area contributed by atoms with Crippen molar-refractivity contribution in [2.75, 3.05) is 21.3 Å². The molecule has 0 aliphatic carbocycles. The SMILES string of the molecule is CNCc1ccc(-c2cc(OC)cc(OC)c2)c(F)c1. The van der Waals surface area contributed by atoms with Crippen LogP contribution < -0.4 is 14.8 Å². The first-order valence-electron chi connectivity index (χ1n) is 6.34. The molecule has 0 spiro atoms. The van der Waals surface area contributed by atoms with Crippen LogP contribution in [0.25, 0.3) is 11.1 Å². The molecular weight excluding hydrogens is 257 g/mol. The van der Waals surface area contributed by atoms with Gasteiger partial charge in [-0.05, 0) is 36.4 Å². The first-order chi connectivity index (χ1) is 9.67. The first kappa shape index (κ1) is 14.3. The molecule has 2 aromatic rings. The highest BCUT2D eigenvalue weighted by Gasteiger charge is 2.09.